The van der Waals surface area contributed by atoms with E-state index in [1.54, 1.807) is 18.2 Å². The van der Waals surface area contributed by atoms with E-state index in [9.17, 15) is 9.59 Å². The summed E-state index contributed by atoms with van der Waals surface area (Å²) in [6.07, 6.45) is 0. The smallest absolute Gasteiger partial charge is 0.253 e. The molecule has 140 valence electrons. The van der Waals surface area contributed by atoms with Crippen LogP contribution in [-0.4, -0.2) is 67.4 Å². The molecule has 2 aromatic rings. The zero-order chi connectivity index (χ0) is 18.6. The highest BCUT2D eigenvalue weighted by Gasteiger charge is 2.24. The van der Waals surface area contributed by atoms with Gasteiger partial charge >= 0.3 is 0 Å². The van der Waals surface area contributed by atoms with E-state index in [-0.39, 0.29) is 11.7 Å². The molecule has 0 radical (unpaired) electrons. The number of fused-ring (bicyclic) bond motifs is 1. The lowest BCUT2D eigenvalue weighted by molar-refractivity contribution is 0.0624. The summed E-state index contributed by atoms with van der Waals surface area (Å²) in [5, 5.41) is 0. The highest BCUT2D eigenvalue weighted by atomic mass is 16.6. The fourth-order valence-electron chi connectivity index (χ4n) is 3.38. The van der Waals surface area contributed by atoms with Crippen LogP contribution in [-0.2, 0) is 0 Å². The third-order valence-electron chi connectivity index (χ3n) is 4.91. The van der Waals surface area contributed by atoms with Gasteiger partial charge in [-0.3, -0.25) is 14.5 Å². The van der Waals surface area contributed by atoms with Gasteiger partial charge in [-0.15, -0.1) is 0 Å². The van der Waals surface area contributed by atoms with Crippen LogP contribution >= 0.6 is 0 Å². The van der Waals surface area contributed by atoms with Gasteiger partial charge in [-0.05, 0) is 30.3 Å². The molecule has 0 aromatic heterocycles. The molecule has 2 aliphatic rings. The number of ether oxygens (including phenoxy) is 2. The molecule has 0 unspecified atom stereocenters. The maximum absolute atomic E-state index is 12.6. The van der Waals surface area contributed by atoms with Crippen LogP contribution in [0, 0.1) is 0 Å². The van der Waals surface area contributed by atoms with Crippen molar-refractivity contribution in [3.05, 3.63) is 59.7 Å². The van der Waals surface area contributed by atoms with Crippen LogP contribution in [0.2, 0.25) is 0 Å². The molecular formula is C21H22N2O4. The van der Waals surface area contributed by atoms with Gasteiger partial charge in [0.25, 0.3) is 5.91 Å². The first-order chi connectivity index (χ1) is 13.2. The number of piperazine rings is 1. The van der Waals surface area contributed by atoms with E-state index in [0.717, 1.165) is 0 Å². The molecule has 4 rings (SSSR count). The van der Waals surface area contributed by atoms with E-state index < -0.39 is 0 Å². The monoisotopic (exact) mass is 366 g/mol. The molecule has 27 heavy (non-hydrogen) atoms. The number of carbonyl (C=O) groups excluding carboxylic acids is 2. The molecule has 0 saturated carbocycles. The fourth-order valence-corrected chi connectivity index (χ4v) is 3.38. The summed E-state index contributed by atoms with van der Waals surface area (Å²) in [5.41, 5.74) is 1.33. The predicted molar refractivity (Wildman–Crippen MR) is 101 cm³/mol. The molecular weight excluding hydrogens is 344 g/mol. The van der Waals surface area contributed by atoms with Crippen molar-refractivity contribution in [2.24, 2.45) is 0 Å². The van der Waals surface area contributed by atoms with E-state index in [4.69, 9.17) is 9.47 Å². The maximum atomic E-state index is 12.6. The van der Waals surface area contributed by atoms with Gasteiger partial charge in [-0.1, -0.05) is 18.2 Å². The zero-order valence-corrected chi connectivity index (χ0v) is 15.1. The summed E-state index contributed by atoms with van der Waals surface area (Å²) in [4.78, 5) is 29.1. The molecule has 2 heterocycles. The van der Waals surface area contributed by atoms with Crippen LogP contribution in [0.15, 0.2) is 48.5 Å². The fraction of sp³-hybridized carbons (Fsp3) is 0.333. The van der Waals surface area contributed by atoms with Gasteiger partial charge in [0.2, 0.25) is 0 Å². The molecule has 0 bridgehead atoms. The lowest BCUT2D eigenvalue weighted by Gasteiger charge is -2.34. The minimum absolute atomic E-state index is 0.0495. The third kappa shape index (κ3) is 3.95. The lowest BCUT2D eigenvalue weighted by Crippen LogP contribution is -2.49. The molecule has 0 atom stereocenters. The summed E-state index contributed by atoms with van der Waals surface area (Å²) in [6, 6.07) is 14.6. The number of rotatable bonds is 4. The van der Waals surface area contributed by atoms with Crippen molar-refractivity contribution in [3.63, 3.8) is 0 Å². The summed E-state index contributed by atoms with van der Waals surface area (Å²) in [6.45, 7) is 4.01. The van der Waals surface area contributed by atoms with E-state index in [1.807, 2.05) is 35.2 Å². The SMILES string of the molecule is O=C(CN1CCN(C(=O)c2ccccc2)CC1)c1ccc2c(c1)OCCO2. The van der Waals surface area contributed by atoms with Gasteiger partial charge in [-0.2, -0.15) is 0 Å². The van der Waals surface area contributed by atoms with Crippen molar-refractivity contribution < 1.29 is 19.1 Å². The van der Waals surface area contributed by atoms with Crippen molar-refractivity contribution >= 4 is 11.7 Å². The molecule has 1 amide bonds. The van der Waals surface area contributed by atoms with Crippen molar-refractivity contribution in [2.45, 2.75) is 0 Å². The van der Waals surface area contributed by atoms with Gasteiger partial charge < -0.3 is 14.4 Å². The number of carbonyl (C=O) groups is 2. The molecule has 2 aromatic carbocycles. The Morgan fingerprint density at radius 1 is 0.815 bits per heavy atom. The zero-order valence-electron chi connectivity index (χ0n) is 15.1. The average molecular weight is 366 g/mol. The number of hydrogen-bond acceptors (Lipinski definition) is 5. The maximum Gasteiger partial charge on any atom is 0.253 e. The van der Waals surface area contributed by atoms with E-state index in [2.05, 4.69) is 4.90 Å². The molecule has 1 saturated heterocycles. The minimum Gasteiger partial charge on any atom is -0.486 e. The predicted octanol–water partition coefficient (Wildman–Crippen LogP) is 2.10. The normalized spacial score (nSPS) is 16.8. The quantitative estimate of drug-likeness (QED) is 0.776. The van der Waals surface area contributed by atoms with Gasteiger partial charge in [0.1, 0.15) is 13.2 Å². The standard InChI is InChI=1S/C21H22N2O4/c24-18(17-6-7-19-20(14-17)27-13-12-26-19)15-22-8-10-23(11-9-22)21(25)16-4-2-1-3-5-16/h1-7,14H,8-13,15H2. The Kier molecular flexibility index (Phi) is 5.07. The number of amides is 1. The summed E-state index contributed by atoms with van der Waals surface area (Å²) in [5.74, 6) is 1.42. The van der Waals surface area contributed by atoms with E-state index in [1.165, 1.54) is 0 Å². The first kappa shape index (κ1) is 17.5. The highest BCUT2D eigenvalue weighted by Crippen LogP contribution is 2.30. The average Bonchev–Trinajstić information content (AvgIpc) is 2.74. The molecule has 1 fully saturated rings. The van der Waals surface area contributed by atoms with Gasteiger partial charge in [0.05, 0.1) is 6.54 Å². The second-order valence-corrected chi connectivity index (χ2v) is 6.72. The second-order valence-electron chi connectivity index (χ2n) is 6.72. The Balaban J connectivity index is 1.32. The lowest BCUT2D eigenvalue weighted by atomic mass is 10.1. The topological polar surface area (TPSA) is 59.1 Å². The minimum atomic E-state index is 0.0495. The van der Waals surface area contributed by atoms with Crippen LogP contribution in [0.5, 0.6) is 11.5 Å². The summed E-state index contributed by atoms with van der Waals surface area (Å²) >= 11 is 0. The Hall–Kier alpha value is -2.86. The number of benzene rings is 2. The second kappa shape index (κ2) is 7.80. The number of hydrogen-bond donors (Lipinski definition) is 0. The van der Waals surface area contributed by atoms with Gasteiger partial charge in [0, 0.05) is 37.3 Å². The molecule has 6 heteroatoms. The molecule has 6 nitrogen and oxygen atoms in total. The largest absolute Gasteiger partial charge is 0.486 e. The number of Topliss-reactive ketones (excluding diaryl/α,β-unsaturated/α-hetero) is 1. The third-order valence-corrected chi connectivity index (χ3v) is 4.91. The molecule has 0 N–H and O–H groups in total. The Morgan fingerprint density at radius 2 is 1.52 bits per heavy atom. The van der Waals surface area contributed by atoms with Crippen molar-refractivity contribution in [1.29, 1.82) is 0 Å². The number of nitrogens with zero attached hydrogens (tertiary/aromatic N) is 2. The first-order valence-corrected chi connectivity index (χ1v) is 9.20. The number of ketones is 1. The molecule has 0 spiro atoms. The molecule has 0 aliphatic carbocycles. The van der Waals surface area contributed by atoms with E-state index in [0.29, 0.717) is 68.6 Å². The van der Waals surface area contributed by atoms with E-state index >= 15 is 0 Å². The van der Waals surface area contributed by atoms with Crippen LogP contribution in [0.1, 0.15) is 20.7 Å². The van der Waals surface area contributed by atoms with Gasteiger partial charge in [0.15, 0.2) is 17.3 Å². The van der Waals surface area contributed by atoms with Crippen molar-refractivity contribution in [1.82, 2.24) is 9.80 Å². The van der Waals surface area contributed by atoms with Crippen molar-refractivity contribution in [3.8, 4) is 11.5 Å². The summed E-state index contributed by atoms with van der Waals surface area (Å²) in [7, 11) is 0. The Labute approximate surface area is 158 Å². The van der Waals surface area contributed by atoms with Crippen LogP contribution in [0.3, 0.4) is 0 Å². The van der Waals surface area contributed by atoms with Crippen LogP contribution < -0.4 is 9.47 Å². The first-order valence-electron chi connectivity index (χ1n) is 9.20. The molecule has 2 aliphatic heterocycles. The van der Waals surface area contributed by atoms with Crippen LogP contribution in [0.4, 0.5) is 0 Å². The van der Waals surface area contributed by atoms with Gasteiger partial charge in [-0.25, -0.2) is 0 Å². The van der Waals surface area contributed by atoms with Crippen LogP contribution in [0.25, 0.3) is 0 Å². The van der Waals surface area contributed by atoms with Crippen molar-refractivity contribution in [2.75, 3.05) is 45.9 Å². The Morgan fingerprint density at radius 3 is 2.26 bits per heavy atom. The summed E-state index contributed by atoms with van der Waals surface area (Å²) < 4.78 is 11.0. The highest BCUT2D eigenvalue weighted by molar-refractivity contribution is 5.98. The Bertz CT molecular complexity index is 829.